The van der Waals surface area contributed by atoms with E-state index in [2.05, 4.69) is 5.32 Å². The van der Waals surface area contributed by atoms with Gasteiger partial charge in [-0.15, -0.1) is 22.7 Å². The van der Waals surface area contributed by atoms with E-state index in [1.165, 1.54) is 29.9 Å². The molecule has 0 aliphatic heterocycles. The van der Waals surface area contributed by atoms with E-state index >= 15 is 0 Å². The predicted molar refractivity (Wildman–Crippen MR) is 123 cm³/mol. The molecule has 2 aromatic heterocycles. The minimum atomic E-state index is -0.834. The standard InChI is InChI=1S/C24H25FN2O2S2/c25-18-12-10-17(11-13-18)22(23(28)26-19-6-2-1-3-7-19)27(16-20-8-4-14-30-20)24(29)21-9-5-15-31-21/h4-5,8-15,19,22H,1-3,6-7,16H2,(H,26,28)/t22-/m1/s1. The van der Waals surface area contributed by atoms with Crippen LogP contribution in [-0.4, -0.2) is 22.8 Å². The largest absolute Gasteiger partial charge is 0.351 e. The van der Waals surface area contributed by atoms with Crippen LogP contribution in [0.15, 0.2) is 59.3 Å². The van der Waals surface area contributed by atoms with Crippen LogP contribution in [0.1, 0.15) is 58.3 Å². The zero-order valence-corrected chi connectivity index (χ0v) is 18.8. The van der Waals surface area contributed by atoms with Gasteiger partial charge in [-0.05, 0) is 53.4 Å². The number of carbonyl (C=O) groups is 2. The molecule has 162 valence electrons. The first-order valence-corrected chi connectivity index (χ1v) is 12.3. The molecule has 0 radical (unpaired) electrons. The van der Waals surface area contributed by atoms with Gasteiger partial charge in [0.2, 0.25) is 5.91 Å². The molecule has 31 heavy (non-hydrogen) atoms. The quantitative estimate of drug-likeness (QED) is 0.490. The molecule has 0 unspecified atom stereocenters. The summed E-state index contributed by atoms with van der Waals surface area (Å²) in [6.07, 6.45) is 5.28. The van der Waals surface area contributed by atoms with Gasteiger partial charge in [0.05, 0.1) is 11.4 Å². The lowest BCUT2D eigenvalue weighted by molar-refractivity contribution is -0.127. The maximum absolute atomic E-state index is 13.6. The molecular formula is C24H25FN2O2S2. The van der Waals surface area contributed by atoms with E-state index in [-0.39, 0.29) is 23.7 Å². The summed E-state index contributed by atoms with van der Waals surface area (Å²) in [5.41, 5.74) is 0.608. The van der Waals surface area contributed by atoms with Crippen LogP contribution in [0.25, 0.3) is 0 Å². The molecule has 2 heterocycles. The van der Waals surface area contributed by atoms with E-state index in [0.717, 1.165) is 30.6 Å². The molecule has 1 fully saturated rings. The summed E-state index contributed by atoms with van der Waals surface area (Å²) in [5.74, 6) is -0.777. The monoisotopic (exact) mass is 456 g/mol. The number of hydrogen-bond acceptors (Lipinski definition) is 4. The van der Waals surface area contributed by atoms with Crippen molar-refractivity contribution < 1.29 is 14.0 Å². The van der Waals surface area contributed by atoms with Crippen molar-refractivity contribution in [2.24, 2.45) is 0 Å². The summed E-state index contributed by atoms with van der Waals surface area (Å²) in [7, 11) is 0. The first kappa shape index (κ1) is 21.7. The Kier molecular flexibility index (Phi) is 7.14. The lowest BCUT2D eigenvalue weighted by Crippen LogP contribution is -2.46. The summed E-state index contributed by atoms with van der Waals surface area (Å²) in [6, 6.07) is 12.7. The molecule has 2 amide bonds. The lowest BCUT2D eigenvalue weighted by atomic mass is 9.94. The van der Waals surface area contributed by atoms with E-state index in [0.29, 0.717) is 17.0 Å². The van der Waals surface area contributed by atoms with Crippen LogP contribution in [0.4, 0.5) is 4.39 Å². The Balaban J connectivity index is 1.70. The van der Waals surface area contributed by atoms with Crippen molar-refractivity contribution in [3.63, 3.8) is 0 Å². The molecule has 4 rings (SSSR count). The molecule has 0 spiro atoms. The van der Waals surface area contributed by atoms with Crippen molar-refractivity contribution in [1.29, 1.82) is 0 Å². The first-order chi connectivity index (χ1) is 15.1. The van der Waals surface area contributed by atoms with Crippen LogP contribution in [0.3, 0.4) is 0 Å². The fourth-order valence-electron chi connectivity index (χ4n) is 4.04. The van der Waals surface area contributed by atoms with Crippen molar-refractivity contribution >= 4 is 34.5 Å². The van der Waals surface area contributed by atoms with E-state index < -0.39 is 6.04 Å². The van der Waals surface area contributed by atoms with Gasteiger partial charge in [0, 0.05) is 10.9 Å². The fourth-order valence-corrected chi connectivity index (χ4v) is 5.42. The number of hydrogen-bond donors (Lipinski definition) is 1. The van der Waals surface area contributed by atoms with Crippen molar-refractivity contribution in [1.82, 2.24) is 10.2 Å². The van der Waals surface area contributed by atoms with E-state index in [9.17, 15) is 14.0 Å². The zero-order chi connectivity index (χ0) is 21.6. The van der Waals surface area contributed by atoms with E-state index in [1.807, 2.05) is 29.0 Å². The van der Waals surface area contributed by atoms with Gasteiger partial charge in [0.15, 0.2) is 0 Å². The van der Waals surface area contributed by atoms with E-state index in [1.54, 1.807) is 34.4 Å². The Bertz CT molecular complexity index is 981. The molecule has 4 nitrogen and oxygen atoms in total. The van der Waals surface area contributed by atoms with Crippen molar-refractivity contribution in [3.05, 3.63) is 80.4 Å². The van der Waals surface area contributed by atoms with E-state index in [4.69, 9.17) is 0 Å². The van der Waals surface area contributed by atoms with Crippen LogP contribution in [0, 0.1) is 5.82 Å². The second kappa shape index (κ2) is 10.2. The molecular weight excluding hydrogens is 431 g/mol. The number of nitrogens with one attached hydrogen (secondary N) is 1. The second-order valence-electron chi connectivity index (χ2n) is 7.79. The highest BCUT2D eigenvalue weighted by Gasteiger charge is 2.34. The summed E-state index contributed by atoms with van der Waals surface area (Å²) < 4.78 is 13.6. The Morgan fingerprint density at radius 2 is 1.71 bits per heavy atom. The summed E-state index contributed by atoms with van der Waals surface area (Å²) in [5, 5.41) is 6.98. The molecule has 0 bridgehead atoms. The Morgan fingerprint density at radius 1 is 1.00 bits per heavy atom. The van der Waals surface area contributed by atoms with Gasteiger partial charge in [0.1, 0.15) is 11.9 Å². The van der Waals surface area contributed by atoms with Gasteiger partial charge in [-0.1, -0.05) is 43.5 Å². The van der Waals surface area contributed by atoms with Crippen molar-refractivity contribution in [3.8, 4) is 0 Å². The molecule has 1 N–H and O–H groups in total. The molecule has 1 saturated carbocycles. The molecule has 1 aliphatic carbocycles. The van der Waals surface area contributed by atoms with Crippen LogP contribution < -0.4 is 5.32 Å². The summed E-state index contributed by atoms with van der Waals surface area (Å²) in [6.45, 7) is 0.314. The minimum Gasteiger partial charge on any atom is -0.351 e. The number of amides is 2. The molecule has 1 aromatic carbocycles. The molecule has 0 saturated heterocycles. The number of nitrogens with zero attached hydrogens (tertiary/aromatic N) is 1. The topological polar surface area (TPSA) is 49.4 Å². The molecule has 1 atom stereocenters. The lowest BCUT2D eigenvalue weighted by Gasteiger charge is -2.33. The number of halogens is 1. The van der Waals surface area contributed by atoms with Gasteiger partial charge >= 0.3 is 0 Å². The van der Waals surface area contributed by atoms with Gasteiger partial charge in [0.25, 0.3) is 5.91 Å². The summed E-state index contributed by atoms with van der Waals surface area (Å²) >= 11 is 2.90. The third-order valence-electron chi connectivity index (χ3n) is 5.60. The Morgan fingerprint density at radius 3 is 2.35 bits per heavy atom. The number of carbonyl (C=O) groups excluding carboxylic acids is 2. The van der Waals surface area contributed by atoms with Gasteiger partial charge < -0.3 is 10.2 Å². The Labute approximate surface area is 189 Å². The SMILES string of the molecule is O=C(NC1CCCCC1)[C@@H](c1ccc(F)cc1)N(Cc1cccs1)C(=O)c1cccs1. The number of rotatable bonds is 7. The number of thiophene rings is 2. The van der Waals surface area contributed by atoms with Crippen LogP contribution in [0.2, 0.25) is 0 Å². The molecule has 1 aliphatic rings. The van der Waals surface area contributed by atoms with Crippen LogP contribution >= 0.6 is 22.7 Å². The molecule has 3 aromatic rings. The highest BCUT2D eigenvalue weighted by atomic mass is 32.1. The maximum Gasteiger partial charge on any atom is 0.265 e. The Hall–Kier alpha value is -2.51. The highest BCUT2D eigenvalue weighted by molar-refractivity contribution is 7.12. The zero-order valence-electron chi connectivity index (χ0n) is 17.1. The van der Waals surface area contributed by atoms with Crippen molar-refractivity contribution in [2.45, 2.75) is 50.7 Å². The van der Waals surface area contributed by atoms with Gasteiger partial charge in [-0.3, -0.25) is 9.59 Å². The van der Waals surface area contributed by atoms with Crippen LogP contribution in [-0.2, 0) is 11.3 Å². The predicted octanol–water partition coefficient (Wildman–Crippen LogP) is 5.78. The maximum atomic E-state index is 13.6. The highest BCUT2D eigenvalue weighted by Crippen LogP contribution is 2.29. The summed E-state index contributed by atoms with van der Waals surface area (Å²) in [4.78, 5) is 30.2. The third-order valence-corrected chi connectivity index (χ3v) is 7.32. The normalized spacial score (nSPS) is 15.4. The van der Waals surface area contributed by atoms with Crippen LogP contribution in [0.5, 0.6) is 0 Å². The average Bonchev–Trinajstić information content (AvgIpc) is 3.49. The second-order valence-corrected chi connectivity index (χ2v) is 9.77. The average molecular weight is 457 g/mol. The fraction of sp³-hybridized carbons (Fsp3) is 0.333. The minimum absolute atomic E-state index is 0.115. The van der Waals surface area contributed by atoms with Gasteiger partial charge in [-0.2, -0.15) is 0 Å². The van der Waals surface area contributed by atoms with Crippen molar-refractivity contribution in [2.75, 3.05) is 0 Å². The molecule has 7 heteroatoms. The first-order valence-electron chi connectivity index (χ1n) is 10.5. The number of benzene rings is 1. The third kappa shape index (κ3) is 5.40. The van der Waals surface area contributed by atoms with Gasteiger partial charge in [-0.25, -0.2) is 4.39 Å². The smallest absolute Gasteiger partial charge is 0.265 e.